The summed E-state index contributed by atoms with van der Waals surface area (Å²) in [4.78, 5) is 2.47. The molecule has 7 nitrogen and oxygen atoms in total. The van der Waals surface area contributed by atoms with Crippen LogP contribution in [0.15, 0.2) is 87.7 Å². The molecule has 0 aliphatic heterocycles. The summed E-state index contributed by atoms with van der Waals surface area (Å²) in [6.45, 7) is 5.37. The van der Waals surface area contributed by atoms with Gasteiger partial charge in [-0.15, -0.1) is 0 Å². The summed E-state index contributed by atoms with van der Waals surface area (Å²) in [6.07, 6.45) is 0. The normalized spacial score (nSPS) is 12.4. The van der Waals surface area contributed by atoms with Crippen molar-refractivity contribution >= 4 is 31.4 Å². The fraction of sp³-hybridized carbons (Fsp3) is 0.136. The monoisotopic (exact) mass is 457 g/mol. The number of anilines is 1. The molecule has 3 aromatic rings. The van der Waals surface area contributed by atoms with Crippen molar-refractivity contribution in [3.8, 4) is 0 Å². The van der Waals surface area contributed by atoms with Crippen LogP contribution >= 0.6 is 0 Å². The molecule has 0 radical (unpaired) electrons. The van der Waals surface area contributed by atoms with Crippen LogP contribution in [0.2, 0.25) is 0 Å². The highest BCUT2D eigenvalue weighted by Crippen LogP contribution is 2.18. The van der Waals surface area contributed by atoms with Gasteiger partial charge < -0.3 is 0 Å². The number of sulfonamides is 2. The van der Waals surface area contributed by atoms with Gasteiger partial charge in [0.05, 0.1) is 15.5 Å². The molecule has 0 aliphatic rings. The Bertz CT molecular complexity index is 1310. The van der Waals surface area contributed by atoms with E-state index in [0.29, 0.717) is 17.0 Å². The zero-order chi connectivity index (χ0) is 22.6. The van der Waals surface area contributed by atoms with E-state index in [1.54, 1.807) is 55.5 Å². The summed E-state index contributed by atoms with van der Waals surface area (Å²) >= 11 is 0. The molecule has 0 aromatic heterocycles. The van der Waals surface area contributed by atoms with Crippen molar-refractivity contribution in [2.75, 3.05) is 4.72 Å². The van der Waals surface area contributed by atoms with Crippen LogP contribution < -0.4 is 9.55 Å². The van der Waals surface area contributed by atoms with Gasteiger partial charge in [0.15, 0.2) is 0 Å². The van der Waals surface area contributed by atoms with Crippen LogP contribution in [0.4, 0.5) is 5.69 Å². The van der Waals surface area contributed by atoms with Crippen LogP contribution in [0.3, 0.4) is 0 Å². The molecule has 0 aliphatic carbocycles. The van der Waals surface area contributed by atoms with E-state index >= 15 is 0 Å². The number of aryl methyl sites for hydroxylation is 2. The standard InChI is InChI=1S/C22H23N3O4S2/c1-16-7-11-21(12-8-16)30(26,27)24-20-6-4-5-19(15-20)18(3)23-25-31(28,29)22-13-9-17(2)10-14-22/h4-15,24-25H,1-3H3. The van der Waals surface area contributed by atoms with Gasteiger partial charge in [0, 0.05) is 5.69 Å². The van der Waals surface area contributed by atoms with Gasteiger partial charge in [-0.2, -0.15) is 18.4 Å². The average molecular weight is 458 g/mol. The molecule has 9 heteroatoms. The summed E-state index contributed by atoms with van der Waals surface area (Å²) in [7, 11) is -7.56. The Morgan fingerprint density at radius 3 is 1.81 bits per heavy atom. The van der Waals surface area contributed by atoms with Gasteiger partial charge in [-0.05, 0) is 62.7 Å². The lowest BCUT2D eigenvalue weighted by atomic mass is 10.1. The fourth-order valence-corrected chi connectivity index (χ4v) is 4.61. The van der Waals surface area contributed by atoms with E-state index in [4.69, 9.17) is 0 Å². The molecule has 0 bridgehead atoms. The number of benzene rings is 3. The van der Waals surface area contributed by atoms with Crippen molar-refractivity contribution < 1.29 is 16.8 Å². The fourth-order valence-electron chi connectivity index (χ4n) is 2.70. The Labute approximate surface area is 182 Å². The van der Waals surface area contributed by atoms with E-state index in [2.05, 4.69) is 14.7 Å². The van der Waals surface area contributed by atoms with E-state index < -0.39 is 20.0 Å². The maximum atomic E-state index is 12.6. The lowest BCUT2D eigenvalue weighted by Gasteiger charge is -2.10. The quantitative estimate of drug-likeness (QED) is 0.416. The number of hydrogen-bond donors (Lipinski definition) is 2. The second-order valence-electron chi connectivity index (χ2n) is 7.10. The molecule has 2 N–H and O–H groups in total. The van der Waals surface area contributed by atoms with Crippen molar-refractivity contribution in [2.45, 2.75) is 30.6 Å². The molecule has 0 amide bonds. The molecule has 31 heavy (non-hydrogen) atoms. The van der Waals surface area contributed by atoms with Gasteiger partial charge in [0.2, 0.25) is 0 Å². The number of nitrogens with zero attached hydrogens (tertiary/aromatic N) is 1. The van der Waals surface area contributed by atoms with E-state index in [1.807, 2.05) is 13.8 Å². The van der Waals surface area contributed by atoms with Crippen molar-refractivity contribution in [1.82, 2.24) is 4.83 Å². The summed E-state index contributed by atoms with van der Waals surface area (Å²) < 4.78 is 52.5. The van der Waals surface area contributed by atoms with E-state index in [-0.39, 0.29) is 9.79 Å². The second kappa shape index (κ2) is 8.91. The Morgan fingerprint density at radius 2 is 1.26 bits per heavy atom. The van der Waals surface area contributed by atoms with Crippen LogP contribution in [-0.2, 0) is 20.0 Å². The highest BCUT2D eigenvalue weighted by Gasteiger charge is 2.15. The van der Waals surface area contributed by atoms with Gasteiger partial charge in [0.1, 0.15) is 0 Å². The zero-order valence-corrected chi connectivity index (χ0v) is 19.0. The third-order valence-corrected chi connectivity index (χ3v) is 7.15. The van der Waals surface area contributed by atoms with Gasteiger partial charge in [0.25, 0.3) is 20.0 Å². The summed E-state index contributed by atoms with van der Waals surface area (Å²) in [5, 5.41) is 3.97. The molecule has 3 aromatic carbocycles. The van der Waals surface area contributed by atoms with Crippen molar-refractivity contribution in [1.29, 1.82) is 0 Å². The lowest BCUT2D eigenvalue weighted by molar-refractivity contribution is 0.584. The van der Waals surface area contributed by atoms with Gasteiger partial charge >= 0.3 is 0 Å². The van der Waals surface area contributed by atoms with E-state index in [0.717, 1.165) is 11.1 Å². The van der Waals surface area contributed by atoms with Crippen molar-refractivity contribution in [2.24, 2.45) is 5.10 Å². The highest BCUT2D eigenvalue weighted by atomic mass is 32.2. The SMILES string of the molecule is CC(=NNS(=O)(=O)c1ccc(C)cc1)c1cccc(NS(=O)(=O)c2ccc(C)cc2)c1. The third-order valence-electron chi connectivity index (χ3n) is 4.53. The van der Waals surface area contributed by atoms with Crippen LogP contribution in [-0.4, -0.2) is 22.5 Å². The van der Waals surface area contributed by atoms with Gasteiger partial charge in [-0.3, -0.25) is 4.72 Å². The molecule has 162 valence electrons. The Balaban J connectivity index is 1.78. The summed E-state index contributed by atoms with van der Waals surface area (Å²) in [6, 6.07) is 19.5. The number of rotatable bonds is 7. The predicted molar refractivity (Wildman–Crippen MR) is 122 cm³/mol. The summed E-state index contributed by atoms with van der Waals surface area (Å²) in [5.41, 5.74) is 3.20. The molecule has 0 fully saturated rings. The number of hydrazone groups is 1. The lowest BCUT2D eigenvalue weighted by Crippen LogP contribution is -2.20. The Morgan fingerprint density at radius 1 is 0.742 bits per heavy atom. The highest BCUT2D eigenvalue weighted by molar-refractivity contribution is 7.92. The van der Waals surface area contributed by atoms with Crippen molar-refractivity contribution in [3.63, 3.8) is 0 Å². The molecule has 0 unspecified atom stereocenters. The molecule has 0 heterocycles. The first-order valence-electron chi connectivity index (χ1n) is 9.39. The topological polar surface area (TPSA) is 105 Å². The average Bonchev–Trinajstić information content (AvgIpc) is 2.72. The molecular weight excluding hydrogens is 434 g/mol. The van der Waals surface area contributed by atoms with Crippen LogP contribution in [0.25, 0.3) is 0 Å². The first-order chi connectivity index (χ1) is 14.6. The minimum Gasteiger partial charge on any atom is -0.280 e. The largest absolute Gasteiger partial charge is 0.280 e. The summed E-state index contributed by atoms with van der Waals surface area (Å²) in [5.74, 6) is 0. The minimum absolute atomic E-state index is 0.106. The van der Waals surface area contributed by atoms with Crippen molar-refractivity contribution in [3.05, 3.63) is 89.5 Å². The predicted octanol–water partition coefficient (Wildman–Crippen LogP) is 3.81. The van der Waals surface area contributed by atoms with Crippen LogP contribution in [0, 0.1) is 13.8 Å². The molecule has 0 atom stereocenters. The Kier molecular flexibility index (Phi) is 6.47. The van der Waals surface area contributed by atoms with Gasteiger partial charge in [-0.1, -0.05) is 47.5 Å². The smallest absolute Gasteiger partial charge is 0.276 e. The molecule has 0 spiro atoms. The van der Waals surface area contributed by atoms with E-state index in [9.17, 15) is 16.8 Å². The second-order valence-corrected chi connectivity index (χ2v) is 10.4. The molecule has 3 rings (SSSR count). The first kappa shape index (κ1) is 22.5. The van der Waals surface area contributed by atoms with Crippen LogP contribution in [0.5, 0.6) is 0 Å². The molecular formula is C22H23N3O4S2. The van der Waals surface area contributed by atoms with Crippen LogP contribution in [0.1, 0.15) is 23.6 Å². The maximum absolute atomic E-state index is 12.6. The number of hydrogen-bond acceptors (Lipinski definition) is 5. The maximum Gasteiger partial charge on any atom is 0.276 e. The number of nitrogens with one attached hydrogen (secondary N) is 2. The Hall–Kier alpha value is -3.17. The first-order valence-corrected chi connectivity index (χ1v) is 12.4. The minimum atomic E-state index is -3.81. The zero-order valence-electron chi connectivity index (χ0n) is 17.3. The van der Waals surface area contributed by atoms with Gasteiger partial charge in [-0.25, -0.2) is 8.42 Å². The van der Waals surface area contributed by atoms with E-state index in [1.165, 1.54) is 24.3 Å². The molecule has 0 saturated heterocycles. The molecule has 0 saturated carbocycles. The third kappa shape index (κ3) is 5.71.